The van der Waals surface area contributed by atoms with Gasteiger partial charge < -0.3 is 19.5 Å². The molecule has 1 aromatic carbocycles. The molecule has 1 aliphatic carbocycles. The minimum atomic E-state index is -1.16. The SMILES string of the molecule is COC(=O)C(O)C12CCCN3CCC4(c5cccc(OC)c5N(C(C)=O)C4CC1)C32. The van der Waals surface area contributed by atoms with E-state index in [4.69, 9.17) is 9.47 Å². The van der Waals surface area contributed by atoms with Crippen molar-refractivity contribution in [3.05, 3.63) is 23.8 Å². The average Bonchev–Trinajstić information content (AvgIpc) is 3.30. The van der Waals surface area contributed by atoms with Gasteiger partial charge in [-0.3, -0.25) is 9.69 Å². The predicted molar refractivity (Wildman–Crippen MR) is 111 cm³/mol. The van der Waals surface area contributed by atoms with Crippen molar-refractivity contribution in [1.82, 2.24) is 4.90 Å². The van der Waals surface area contributed by atoms with Gasteiger partial charge in [0, 0.05) is 29.8 Å². The molecule has 1 amide bonds. The summed E-state index contributed by atoms with van der Waals surface area (Å²) >= 11 is 0. The quantitative estimate of drug-likeness (QED) is 0.761. The standard InChI is InChI=1S/C23H30N2O5/c1-14(26)25-17-8-10-22(19(27)20(28)30-3)9-5-12-24-13-11-23(17,21(22)24)15-6-4-7-16(29-2)18(15)25/h4,6-7,17,19,21,27H,5,8-13H2,1-3H3. The number of aliphatic hydroxyl groups is 1. The van der Waals surface area contributed by atoms with E-state index in [9.17, 15) is 14.7 Å². The molecule has 4 aliphatic rings. The molecule has 5 atom stereocenters. The van der Waals surface area contributed by atoms with Gasteiger partial charge >= 0.3 is 5.97 Å². The van der Waals surface area contributed by atoms with Crippen LogP contribution in [0.5, 0.6) is 5.75 Å². The van der Waals surface area contributed by atoms with Crippen molar-refractivity contribution in [2.45, 2.75) is 62.6 Å². The Bertz CT molecular complexity index is 904. The number of nitrogens with zero attached hydrogens (tertiary/aromatic N) is 2. The molecule has 1 N–H and O–H groups in total. The Morgan fingerprint density at radius 3 is 2.70 bits per heavy atom. The van der Waals surface area contributed by atoms with E-state index in [0.717, 1.165) is 50.0 Å². The number of hydrogen-bond donors (Lipinski definition) is 1. The molecule has 5 unspecified atom stereocenters. The molecule has 30 heavy (non-hydrogen) atoms. The Kier molecular flexibility index (Phi) is 4.42. The van der Waals surface area contributed by atoms with Gasteiger partial charge in [-0.1, -0.05) is 12.1 Å². The highest BCUT2D eigenvalue weighted by molar-refractivity contribution is 5.98. The second-order valence-electron chi connectivity index (χ2n) is 9.29. The van der Waals surface area contributed by atoms with Crippen LogP contribution in [0, 0.1) is 5.41 Å². The molecule has 0 bridgehead atoms. The van der Waals surface area contributed by atoms with E-state index >= 15 is 0 Å². The molecule has 1 saturated carbocycles. The summed E-state index contributed by atoms with van der Waals surface area (Å²) in [6.45, 7) is 3.47. The van der Waals surface area contributed by atoms with Crippen LogP contribution in [0.4, 0.5) is 5.69 Å². The predicted octanol–water partition coefficient (Wildman–Crippen LogP) is 1.85. The summed E-state index contributed by atoms with van der Waals surface area (Å²) in [7, 11) is 2.98. The van der Waals surface area contributed by atoms with Crippen molar-refractivity contribution < 1.29 is 24.2 Å². The lowest BCUT2D eigenvalue weighted by Crippen LogP contribution is -2.69. The van der Waals surface area contributed by atoms with Crippen LogP contribution in [-0.4, -0.2) is 67.4 Å². The van der Waals surface area contributed by atoms with Gasteiger partial charge in [0.05, 0.1) is 19.9 Å². The molecule has 5 rings (SSSR count). The molecule has 162 valence electrons. The molecule has 3 fully saturated rings. The molecular weight excluding hydrogens is 384 g/mol. The highest BCUT2D eigenvalue weighted by atomic mass is 16.5. The molecule has 2 saturated heterocycles. The second-order valence-corrected chi connectivity index (χ2v) is 9.29. The number of benzene rings is 1. The summed E-state index contributed by atoms with van der Waals surface area (Å²) in [6.07, 6.45) is 2.92. The first kappa shape index (κ1) is 19.8. The number of amides is 1. The number of piperidine rings is 1. The Morgan fingerprint density at radius 1 is 1.20 bits per heavy atom. The van der Waals surface area contributed by atoms with Crippen LogP contribution in [0.15, 0.2) is 18.2 Å². The number of carbonyl (C=O) groups excluding carboxylic acids is 2. The number of esters is 1. The number of hydrogen-bond acceptors (Lipinski definition) is 6. The summed E-state index contributed by atoms with van der Waals surface area (Å²) in [4.78, 5) is 29.8. The molecule has 3 aliphatic heterocycles. The van der Waals surface area contributed by atoms with Crippen molar-refractivity contribution in [2.24, 2.45) is 5.41 Å². The van der Waals surface area contributed by atoms with Crippen LogP contribution in [0.3, 0.4) is 0 Å². The third-order valence-corrected chi connectivity index (χ3v) is 8.36. The molecule has 3 heterocycles. The van der Waals surface area contributed by atoms with Crippen molar-refractivity contribution >= 4 is 17.6 Å². The van der Waals surface area contributed by atoms with Gasteiger partial charge in [0.25, 0.3) is 0 Å². The van der Waals surface area contributed by atoms with Gasteiger partial charge in [-0.05, 0) is 56.8 Å². The van der Waals surface area contributed by atoms with Crippen molar-refractivity contribution in [3.63, 3.8) is 0 Å². The Morgan fingerprint density at radius 2 is 2.00 bits per heavy atom. The zero-order valence-corrected chi connectivity index (χ0v) is 17.9. The Hall–Kier alpha value is -2.12. The van der Waals surface area contributed by atoms with E-state index in [1.165, 1.54) is 7.11 Å². The number of carbonyl (C=O) groups is 2. The van der Waals surface area contributed by atoms with Crippen LogP contribution < -0.4 is 9.64 Å². The molecule has 0 radical (unpaired) electrons. The van der Waals surface area contributed by atoms with E-state index in [1.807, 2.05) is 17.0 Å². The molecular formula is C23H30N2O5. The average molecular weight is 415 g/mol. The van der Waals surface area contributed by atoms with Crippen LogP contribution in [0.2, 0.25) is 0 Å². The van der Waals surface area contributed by atoms with E-state index in [0.29, 0.717) is 12.2 Å². The fourth-order valence-electron chi connectivity index (χ4n) is 7.49. The van der Waals surface area contributed by atoms with Crippen LogP contribution in [0.25, 0.3) is 0 Å². The summed E-state index contributed by atoms with van der Waals surface area (Å²) in [5.41, 5.74) is 1.11. The maximum atomic E-state index is 12.9. The first-order chi connectivity index (χ1) is 14.4. The summed E-state index contributed by atoms with van der Waals surface area (Å²) in [6, 6.07) is 6.01. The highest BCUT2D eigenvalue weighted by Gasteiger charge is 2.71. The maximum absolute atomic E-state index is 12.9. The lowest BCUT2D eigenvalue weighted by Gasteiger charge is -2.59. The number of fused-ring (bicyclic) bond motifs is 1. The Labute approximate surface area is 176 Å². The maximum Gasteiger partial charge on any atom is 0.335 e. The lowest BCUT2D eigenvalue weighted by molar-refractivity contribution is -0.172. The van der Waals surface area contributed by atoms with Crippen molar-refractivity contribution in [3.8, 4) is 5.75 Å². The first-order valence-corrected chi connectivity index (χ1v) is 10.9. The summed E-state index contributed by atoms with van der Waals surface area (Å²) in [5, 5.41) is 11.2. The summed E-state index contributed by atoms with van der Waals surface area (Å²) < 4.78 is 10.7. The number of anilines is 1. The summed E-state index contributed by atoms with van der Waals surface area (Å²) in [5.74, 6) is 0.169. The van der Waals surface area contributed by atoms with E-state index in [2.05, 4.69) is 11.0 Å². The molecule has 1 aromatic rings. The van der Waals surface area contributed by atoms with Crippen LogP contribution in [-0.2, 0) is 19.7 Å². The van der Waals surface area contributed by atoms with Crippen molar-refractivity contribution in [1.29, 1.82) is 0 Å². The molecule has 7 heteroatoms. The number of methoxy groups -OCH3 is 2. The Balaban J connectivity index is 1.74. The fraction of sp³-hybridized carbons (Fsp3) is 0.652. The molecule has 1 spiro atoms. The van der Waals surface area contributed by atoms with Gasteiger partial charge in [0.2, 0.25) is 5.91 Å². The molecule has 7 nitrogen and oxygen atoms in total. The zero-order valence-electron chi connectivity index (χ0n) is 17.9. The fourth-order valence-corrected chi connectivity index (χ4v) is 7.49. The molecule has 0 aromatic heterocycles. The third kappa shape index (κ3) is 2.22. The minimum absolute atomic E-state index is 0.00683. The van der Waals surface area contributed by atoms with Gasteiger partial charge in [-0.2, -0.15) is 0 Å². The van der Waals surface area contributed by atoms with Crippen LogP contribution in [0.1, 0.15) is 44.6 Å². The van der Waals surface area contributed by atoms with E-state index in [-0.39, 0.29) is 23.4 Å². The smallest absolute Gasteiger partial charge is 0.335 e. The van der Waals surface area contributed by atoms with Gasteiger partial charge in [0.1, 0.15) is 5.75 Å². The monoisotopic (exact) mass is 414 g/mol. The van der Waals surface area contributed by atoms with E-state index < -0.39 is 17.5 Å². The lowest BCUT2D eigenvalue weighted by atomic mass is 9.51. The van der Waals surface area contributed by atoms with Gasteiger partial charge in [-0.25, -0.2) is 4.79 Å². The number of rotatable bonds is 3. The topological polar surface area (TPSA) is 79.3 Å². The van der Waals surface area contributed by atoms with Crippen molar-refractivity contribution in [2.75, 3.05) is 32.2 Å². The zero-order chi connectivity index (χ0) is 21.3. The largest absolute Gasteiger partial charge is 0.495 e. The normalized spacial score (nSPS) is 35.3. The number of aliphatic hydroxyl groups excluding tert-OH is 1. The van der Waals surface area contributed by atoms with Crippen LogP contribution >= 0.6 is 0 Å². The highest BCUT2D eigenvalue weighted by Crippen LogP contribution is 2.66. The number of ether oxygens (including phenoxy) is 2. The van der Waals surface area contributed by atoms with Gasteiger partial charge in [-0.15, -0.1) is 0 Å². The first-order valence-electron chi connectivity index (χ1n) is 10.9. The minimum Gasteiger partial charge on any atom is -0.495 e. The van der Waals surface area contributed by atoms with Gasteiger partial charge in [0.15, 0.2) is 6.10 Å². The van der Waals surface area contributed by atoms with E-state index in [1.54, 1.807) is 14.0 Å². The third-order valence-electron chi connectivity index (χ3n) is 8.36. The second kappa shape index (κ2) is 6.69. The number of para-hydroxylation sites is 1.